The number of rotatable bonds is 6. The van der Waals surface area contributed by atoms with E-state index in [0.29, 0.717) is 17.8 Å². The second-order valence-electron chi connectivity index (χ2n) is 8.02. The van der Waals surface area contributed by atoms with Gasteiger partial charge in [0, 0.05) is 50.8 Å². The minimum absolute atomic E-state index is 0.0748. The summed E-state index contributed by atoms with van der Waals surface area (Å²) in [6.07, 6.45) is 7.74. The van der Waals surface area contributed by atoms with Gasteiger partial charge in [-0.2, -0.15) is 0 Å². The van der Waals surface area contributed by atoms with Crippen molar-refractivity contribution in [1.82, 2.24) is 14.9 Å². The number of methoxy groups -OCH3 is 1. The molecule has 2 aromatic heterocycles. The zero-order chi connectivity index (χ0) is 18.9. The van der Waals surface area contributed by atoms with E-state index in [9.17, 15) is 0 Å². The van der Waals surface area contributed by atoms with Crippen molar-refractivity contribution < 1.29 is 13.9 Å². The number of likely N-dealkylation sites (tertiary alicyclic amines) is 1. The van der Waals surface area contributed by atoms with E-state index in [4.69, 9.17) is 13.9 Å². The van der Waals surface area contributed by atoms with Crippen LogP contribution in [-0.4, -0.2) is 46.3 Å². The summed E-state index contributed by atoms with van der Waals surface area (Å²) < 4.78 is 17.8. The van der Waals surface area contributed by atoms with Crippen molar-refractivity contribution in [2.75, 3.05) is 13.7 Å². The van der Waals surface area contributed by atoms with Crippen molar-refractivity contribution in [3.63, 3.8) is 0 Å². The van der Waals surface area contributed by atoms with E-state index < -0.39 is 0 Å². The Morgan fingerprint density at radius 3 is 2.93 bits per heavy atom. The van der Waals surface area contributed by atoms with Crippen molar-refractivity contribution in [3.05, 3.63) is 42.2 Å². The lowest BCUT2D eigenvalue weighted by molar-refractivity contribution is -0.0844. The average Bonchev–Trinajstić information content (AvgIpc) is 3.29. The van der Waals surface area contributed by atoms with Crippen LogP contribution in [-0.2, 0) is 11.3 Å². The highest BCUT2D eigenvalue weighted by molar-refractivity contribution is 5.12. The van der Waals surface area contributed by atoms with Gasteiger partial charge in [-0.25, -0.2) is 9.97 Å². The average molecular weight is 371 g/mol. The van der Waals surface area contributed by atoms with Gasteiger partial charge in [0.05, 0.1) is 11.3 Å². The molecular weight excluding hydrogens is 342 g/mol. The van der Waals surface area contributed by atoms with E-state index in [1.807, 2.05) is 25.3 Å². The summed E-state index contributed by atoms with van der Waals surface area (Å²) in [4.78, 5) is 11.5. The van der Waals surface area contributed by atoms with E-state index >= 15 is 0 Å². The highest BCUT2D eigenvalue weighted by Crippen LogP contribution is 2.43. The molecule has 1 saturated heterocycles. The lowest BCUT2D eigenvalue weighted by atomic mass is 9.79. The summed E-state index contributed by atoms with van der Waals surface area (Å²) in [5.74, 6) is 1.82. The first-order chi connectivity index (χ1) is 13.1. The molecule has 6 heteroatoms. The van der Waals surface area contributed by atoms with E-state index in [0.717, 1.165) is 50.4 Å². The SMILES string of the molecule is CO[C@@]12CC[C@@H](Oc3ccccn3)C[C@@H]1N(Cc1coc(C(C)C)n1)CC2. The van der Waals surface area contributed by atoms with Crippen molar-refractivity contribution in [2.45, 2.75) is 69.7 Å². The van der Waals surface area contributed by atoms with E-state index in [1.54, 1.807) is 12.5 Å². The molecule has 1 saturated carbocycles. The number of hydrogen-bond donors (Lipinski definition) is 0. The van der Waals surface area contributed by atoms with Crippen molar-refractivity contribution in [1.29, 1.82) is 0 Å². The summed E-state index contributed by atoms with van der Waals surface area (Å²) in [6.45, 7) is 6.01. The van der Waals surface area contributed by atoms with Crippen molar-refractivity contribution >= 4 is 0 Å². The molecule has 0 spiro atoms. The number of fused-ring (bicyclic) bond motifs is 1. The van der Waals surface area contributed by atoms with Gasteiger partial charge in [-0.15, -0.1) is 0 Å². The van der Waals surface area contributed by atoms with E-state index in [1.165, 1.54) is 0 Å². The van der Waals surface area contributed by atoms with Crippen LogP contribution in [0.25, 0.3) is 0 Å². The molecule has 1 aliphatic carbocycles. The zero-order valence-corrected chi connectivity index (χ0v) is 16.4. The van der Waals surface area contributed by atoms with Crippen LogP contribution in [0.1, 0.15) is 57.0 Å². The number of nitrogens with zero attached hydrogens (tertiary/aromatic N) is 3. The maximum Gasteiger partial charge on any atom is 0.213 e. The molecule has 0 radical (unpaired) electrons. The largest absolute Gasteiger partial charge is 0.474 e. The third kappa shape index (κ3) is 3.73. The quantitative estimate of drug-likeness (QED) is 0.770. The third-order valence-electron chi connectivity index (χ3n) is 6.01. The Morgan fingerprint density at radius 2 is 2.22 bits per heavy atom. The van der Waals surface area contributed by atoms with E-state index in [-0.39, 0.29) is 11.7 Å². The Bertz CT molecular complexity index is 748. The Labute approximate surface area is 160 Å². The van der Waals surface area contributed by atoms with Crippen LogP contribution >= 0.6 is 0 Å². The molecule has 6 nitrogen and oxygen atoms in total. The Morgan fingerprint density at radius 1 is 1.33 bits per heavy atom. The predicted molar refractivity (Wildman–Crippen MR) is 102 cm³/mol. The van der Waals surface area contributed by atoms with E-state index in [2.05, 4.69) is 28.7 Å². The van der Waals surface area contributed by atoms with Gasteiger partial charge in [0.2, 0.25) is 5.88 Å². The molecule has 3 heterocycles. The molecule has 0 aromatic carbocycles. The zero-order valence-electron chi connectivity index (χ0n) is 16.4. The summed E-state index contributed by atoms with van der Waals surface area (Å²) in [5.41, 5.74) is 0.924. The topological polar surface area (TPSA) is 60.6 Å². The first kappa shape index (κ1) is 18.4. The number of hydrogen-bond acceptors (Lipinski definition) is 6. The molecule has 0 bridgehead atoms. The summed E-state index contributed by atoms with van der Waals surface area (Å²) in [7, 11) is 1.85. The molecule has 2 fully saturated rings. The molecule has 3 atom stereocenters. The third-order valence-corrected chi connectivity index (χ3v) is 6.01. The second-order valence-corrected chi connectivity index (χ2v) is 8.02. The highest BCUT2D eigenvalue weighted by atomic mass is 16.5. The van der Waals surface area contributed by atoms with Crippen molar-refractivity contribution in [2.24, 2.45) is 0 Å². The lowest BCUT2D eigenvalue weighted by Crippen LogP contribution is -2.52. The van der Waals surface area contributed by atoms with Crippen LogP contribution in [0.2, 0.25) is 0 Å². The molecule has 0 amide bonds. The molecular formula is C21H29N3O3. The normalized spacial score (nSPS) is 28.4. The Hall–Kier alpha value is -1.92. The molecule has 0 unspecified atom stereocenters. The maximum atomic E-state index is 6.16. The summed E-state index contributed by atoms with van der Waals surface area (Å²) >= 11 is 0. The molecule has 2 aliphatic rings. The van der Waals surface area contributed by atoms with Crippen LogP contribution in [0.15, 0.2) is 35.1 Å². The predicted octanol–water partition coefficient (Wildman–Crippen LogP) is 3.78. The van der Waals surface area contributed by atoms with Gasteiger partial charge >= 0.3 is 0 Å². The Balaban J connectivity index is 1.47. The fourth-order valence-electron chi connectivity index (χ4n) is 4.51. The van der Waals surface area contributed by atoms with Gasteiger partial charge in [-0.1, -0.05) is 19.9 Å². The molecule has 0 N–H and O–H groups in total. The lowest BCUT2D eigenvalue weighted by Gasteiger charge is -2.43. The van der Waals surface area contributed by atoms with Gasteiger partial charge in [0.25, 0.3) is 0 Å². The highest BCUT2D eigenvalue weighted by Gasteiger charge is 2.51. The van der Waals surface area contributed by atoms with Gasteiger partial charge < -0.3 is 13.9 Å². The van der Waals surface area contributed by atoms with Crippen LogP contribution in [0.4, 0.5) is 0 Å². The minimum atomic E-state index is -0.0748. The Kier molecular flexibility index (Phi) is 5.19. The first-order valence-electron chi connectivity index (χ1n) is 9.91. The van der Waals surface area contributed by atoms with Crippen LogP contribution in [0, 0.1) is 0 Å². The second kappa shape index (κ2) is 7.60. The molecule has 2 aromatic rings. The number of ether oxygens (including phenoxy) is 2. The fraction of sp³-hybridized carbons (Fsp3) is 0.619. The molecule has 27 heavy (non-hydrogen) atoms. The van der Waals surface area contributed by atoms with Gasteiger partial charge in [-0.05, 0) is 25.3 Å². The smallest absolute Gasteiger partial charge is 0.213 e. The van der Waals surface area contributed by atoms with Crippen LogP contribution < -0.4 is 4.74 Å². The van der Waals surface area contributed by atoms with Crippen LogP contribution in [0.5, 0.6) is 5.88 Å². The number of aromatic nitrogens is 2. The minimum Gasteiger partial charge on any atom is -0.474 e. The summed E-state index contributed by atoms with van der Waals surface area (Å²) in [6, 6.07) is 6.12. The molecule has 4 rings (SSSR count). The van der Waals surface area contributed by atoms with Gasteiger partial charge in [0.1, 0.15) is 12.4 Å². The summed E-state index contributed by atoms with van der Waals surface area (Å²) in [5, 5.41) is 0. The molecule has 1 aliphatic heterocycles. The first-order valence-corrected chi connectivity index (χ1v) is 9.91. The monoisotopic (exact) mass is 371 g/mol. The van der Waals surface area contributed by atoms with Gasteiger partial charge in [0.15, 0.2) is 5.89 Å². The number of pyridine rings is 1. The standard InChI is InChI=1S/C21H29N3O3/c1-15(2)20-23-16(14-26-20)13-24-11-9-21(25-3)8-7-17(12-18(21)24)27-19-6-4-5-10-22-19/h4-6,10,14-15,17-18H,7-9,11-13H2,1-3H3/t17-,18+,21-/m1/s1. The van der Waals surface area contributed by atoms with Crippen LogP contribution in [0.3, 0.4) is 0 Å². The fourth-order valence-corrected chi connectivity index (χ4v) is 4.51. The van der Waals surface area contributed by atoms with Crippen molar-refractivity contribution in [3.8, 4) is 5.88 Å². The number of oxazole rings is 1. The molecule has 146 valence electrons. The maximum absolute atomic E-state index is 6.16. The van der Waals surface area contributed by atoms with Gasteiger partial charge in [-0.3, -0.25) is 4.90 Å².